The number of nitrogens with one attached hydrogen (secondary N) is 1. The topological polar surface area (TPSA) is 72.0 Å². The lowest BCUT2D eigenvalue weighted by Crippen LogP contribution is -2.17. The molecular weight excluding hydrogens is 381 g/mol. The second-order valence-corrected chi connectivity index (χ2v) is 7.24. The van der Waals surface area contributed by atoms with Gasteiger partial charge in [-0.2, -0.15) is 13.2 Å². The van der Waals surface area contributed by atoms with Gasteiger partial charge in [0.05, 0.1) is 16.5 Å². The number of rotatable bonds is 3. The summed E-state index contributed by atoms with van der Waals surface area (Å²) in [6.07, 6.45) is -5.50. The average Bonchev–Trinajstić information content (AvgIpc) is 2.88. The van der Waals surface area contributed by atoms with Crippen LogP contribution in [0.2, 0.25) is 0 Å². The molecule has 3 rings (SSSR count). The number of thiophene rings is 1. The summed E-state index contributed by atoms with van der Waals surface area (Å²) < 4.78 is 43.6. The van der Waals surface area contributed by atoms with E-state index in [1.165, 1.54) is 24.3 Å². The molecule has 0 aliphatic heterocycles. The van der Waals surface area contributed by atoms with Crippen LogP contribution in [0.15, 0.2) is 29.1 Å². The Balaban J connectivity index is 1.87. The fraction of sp³-hybridized carbons (Fsp3) is 0.278. The van der Waals surface area contributed by atoms with Gasteiger partial charge in [0, 0.05) is 4.88 Å². The molecule has 27 heavy (non-hydrogen) atoms. The lowest BCUT2D eigenvalue weighted by Gasteiger charge is -2.13. The van der Waals surface area contributed by atoms with E-state index in [9.17, 15) is 22.8 Å². The standard InChI is InChI=1S/C18H15F3N2O3S/c1-8-10(3)27-16-13(8)15(24)22-14(23-16)9(2)26-17(25)11-5-4-6-12(7-11)18(19,20)21/h4-7,9H,1-3H3,(H,22,23,24)/t9-/m1/s1. The Labute approximate surface area is 155 Å². The molecule has 0 fully saturated rings. The van der Waals surface area contributed by atoms with Crippen molar-refractivity contribution < 1.29 is 22.7 Å². The molecule has 0 unspecified atom stereocenters. The van der Waals surface area contributed by atoms with E-state index in [1.54, 1.807) is 0 Å². The molecule has 5 nitrogen and oxygen atoms in total. The van der Waals surface area contributed by atoms with E-state index < -0.39 is 23.8 Å². The Bertz CT molecular complexity index is 1090. The Morgan fingerprint density at radius 3 is 2.67 bits per heavy atom. The number of aryl methyl sites for hydroxylation is 2. The van der Waals surface area contributed by atoms with Crippen molar-refractivity contribution in [3.63, 3.8) is 0 Å². The summed E-state index contributed by atoms with van der Waals surface area (Å²) in [6.45, 7) is 5.18. The zero-order chi connectivity index (χ0) is 19.9. The van der Waals surface area contributed by atoms with Gasteiger partial charge in [0.25, 0.3) is 5.56 Å². The van der Waals surface area contributed by atoms with E-state index in [2.05, 4.69) is 9.97 Å². The number of carbonyl (C=O) groups excluding carboxylic acids is 1. The zero-order valence-corrected chi connectivity index (χ0v) is 15.4. The van der Waals surface area contributed by atoms with Gasteiger partial charge < -0.3 is 9.72 Å². The predicted molar refractivity (Wildman–Crippen MR) is 95.0 cm³/mol. The molecule has 1 aromatic carbocycles. The number of hydrogen-bond acceptors (Lipinski definition) is 5. The first-order valence-electron chi connectivity index (χ1n) is 7.96. The third-order valence-electron chi connectivity index (χ3n) is 4.15. The van der Waals surface area contributed by atoms with Gasteiger partial charge in [-0.05, 0) is 44.5 Å². The van der Waals surface area contributed by atoms with Crippen molar-refractivity contribution in [1.29, 1.82) is 0 Å². The van der Waals surface area contributed by atoms with E-state index in [-0.39, 0.29) is 16.9 Å². The molecule has 0 amide bonds. The van der Waals surface area contributed by atoms with Crippen molar-refractivity contribution in [2.24, 2.45) is 0 Å². The monoisotopic (exact) mass is 396 g/mol. The molecule has 0 saturated heterocycles. The van der Waals surface area contributed by atoms with Crippen molar-refractivity contribution in [2.75, 3.05) is 0 Å². The molecule has 142 valence electrons. The lowest BCUT2D eigenvalue weighted by molar-refractivity contribution is -0.137. The van der Waals surface area contributed by atoms with Crippen LogP contribution in [0.1, 0.15) is 45.2 Å². The molecule has 2 aromatic heterocycles. The van der Waals surface area contributed by atoms with Crippen LogP contribution in [0, 0.1) is 13.8 Å². The number of carbonyl (C=O) groups is 1. The molecule has 1 atom stereocenters. The minimum Gasteiger partial charge on any atom is -0.451 e. The van der Waals surface area contributed by atoms with Gasteiger partial charge in [-0.25, -0.2) is 9.78 Å². The number of H-pyrrole nitrogens is 1. The molecule has 2 heterocycles. The highest BCUT2D eigenvalue weighted by Gasteiger charge is 2.31. The molecule has 0 bridgehead atoms. The normalized spacial score (nSPS) is 13.0. The van der Waals surface area contributed by atoms with E-state index >= 15 is 0 Å². The van der Waals surface area contributed by atoms with Crippen molar-refractivity contribution in [1.82, 2.24) is 9.97 Å². The Hall–Kier alpha value is -2.68. The van der Waals surface area contributed by atoms with Gasteiger partial charge in [0.15, 0.2) is 11.9 Å². The number of aromatic amines is 1. The molecule has 3 aromatic rings. The minimum atomic E-state index is -4.56. The summed E-state index contributed by atoms with van der Waals surface area (Å²) in [5, 5.41) is 0.484. The lowest BCUT2D eigenvalue weighted by atomic mass is 10.1. The van der Waals surface area contributed by atoms with E-state index in [4.69, 9.17) is 4.74 Å². The quantitative estimate of drug-likeness (QED) is 0.660. The Kier molecular flexibility index (Phi) is 4.81. The average molecular weight is 396 g/mol. The van der Waals surface area contributed by atoms with Crippen LogP contribution in [0.4, 0.5) is 13.2 Å². The smallest absolute Gasteiger partial charge is 0.416 e. The highest BCUT2D eigenvalue weighted by atomic mass is 32.1. The molecule has 9 heteroatoms. The van der Waals surface area contributed by atoms with E-state index in [0.29, 0.717) is 10.2 Å². The number of alkyl halides is 3. The maximum atomic E-state index is 12.8. The summed E-state index contributed by atoms with van der Waals surface area (Å²) >= 11 is 1.35. The molecule has 0 spiro atoms. The van der Waals surface area contributed by atoms with E-state index in [1.807, 2.05) is 13.8 Å². The number of aromatic nitrogens is 2. The van der Waals surface area contributed by atoms with E-state index in [0.717, 1.165) is 28.6 Å². The molecular formula is C18H15F3N2O3S. The molecule has 1 N–H and O–H groups in total. The molecule has 0 aliphatic carbocycles. The Morgan fingerprint density at radius 2 is 2.00 bits per heavy atom. The highest BCUT2D eigenvalue weighted by molar-refractivity contribution is 7.18. The summed E-state index contributed by atoms with van der Waals surface area (Å²) in [5.74, 6) is -0.802. The zero-order valence-electron chi connectivity index (χ0n) is 14.6. The number of ether oxygens (including phenoxy) is 1. The molecule has 0 radical (unpaired) electrons. The van der Waals surface area contributed by atoms with Gasteiger partial charge in [0.2, 0.25) is 0 Å². The number of fused-ring (bicyclic) bond motifs is 1. The highest BCUT2D eigenvalue weighted by Crippen LogP contribution is 2.30. The molecule has 0 aliphatic rings. The fourth-order valence-electron chi connectivity index (χ4n) is 2.57. The maximum absolute atomic E-state index is 12.8. The van der Waals surface area contributed by atoms with Crippen LogP contribution < -0.4 is 5.56 Å². The van der Waals surface area contributed by atoms with Gasteiger partial charge in [-0.3, -0.25) is 4.79 Å². The molecule has 0 saturated carbocycles. The summed E-state index contributed by atoms with van der Waals surface area (Å²) in [6, 6.07) is 3.96. The van der Waals surface area contributed by atoms with Crippen molar-refractivity contribution in [3.05, 3.63) is 62.0 Å². The first kappa shape index (κ1) is 19.1. The number of benzene rings is 1. The van der Waals surface area contributed by atoms with Crippen LogP contribution in [0.25, 0.3) is 10.2 Å². The van der Waals surface area contributed by atoms with Gasteiger partial charge >= 0.3 is 12.1 Å². The maximum Gasteiger partial charge on any atom is 0.416 e. The largest absolute Gasteiger partial charge is 0.451 e. The van der Waals surface area contributed by atoms with Crippen LogP contribution in [-0.4, -0.2) is 15.9 Å². The number of hydrogen-bond donors (Lipinski definition) is 1. The van der Waals surface area contributed by atoms with Crippen molar-refractivity contribution in [3.8, 4) is 0 Å². The van der Waals surface area contributed by atoms with Crippen LogP contribution >= 0.6 is 11.3 Å². The van der Waals surface area contributed by atoms with Gasteiger partial charge in [-0.1, -0.05) is 6.07 Å². The third kappa shape index (κ3) is 3.73. The summed E-state index contributed by atoms with van der Waals surface area (Å²) in [4.78, 5) is 32.9. The number of halogens is 3. The third-order valence-corrected chi connectivity index (χ3v) is 5.25. The summed E-state index contributed by atoms with van der Waals surface area (Å²) in [7, 11) is 0. The first-order chi connectivity index (χ1) is 12.6. The van der Waals surface area contributed by atoms with Crippen LogP contribution in [0.5, 0.6) is 0 Å². The minimum absolute atomic E-state index is 0.133. The predicted octanol–water partition coefficient (Wildman–Crippen LogP) is 4.54. The van der Waals surface area contributed by atoms with Crippen molar-refractivity contribution >= 4 is 27.5 Å². The van der Waals surface area contributed by atoms with Crippen LogP contribution in [0.3, 0.4) is 0 Å². The second kappa shape index (κ2) is 6.80. The number of esters is 1. The Morgan fingerprint density at radius 1 is 1.30 bits per heavy atom. The fourth-order valence-corrected chi connectivity index (χ4v) is 3.61. The first-order valence-corrected chi connectivity index (χ1v) is 8.77. The SMILES string of the molecule is Cc1sc2nc([C@@H](C)OC(=O)c3cccc(C(F)(F)F)c3)[nH]c(=O)c2c1C. The van der Waals surface area contributed by atoms with Crippen LogP contribution in [-0.2, 0) is 10.9 Å². The van der Waals surface area contributed by atoms with Gasteiger partial charge in [-0.15, -0.1) is 11.3 Å². The second-order valence-electron chi connectivity index (χ2n) is 6.04. The van der Waals surface area contributed by atoms with Crippen molar-refractivity contribution in [2.45, 2.75) is 33.1 Å². The summed E-state index contributed by atoms with van der Waals surface area (Å²) in [5.41, 5.74) is -0.687. The number of nitrogens with zero attached hydrogens (tertiary/aromatic N) is 1. The van der Waals surface area contributed by atoms with Gasteiger partial charge in [0.1, 0.15) is 4.83 Å².